The van der Waals surface area contributed by atoms with Crippen LogP contribution in [0.2, 0.25) is 0 Å². The molecule has 0 aromatic heterocycles. The summed E-state index contributed by atoms with van der Waals surface area (Å²) < 4.78 is 32.4. The van der Waals surface area contributed by atoms with Gasteiger partial charge in [-0.25, -0.2) is 8.78 Å². The maximum atomic E-state index is 13.9. The molecule has 5 nitrogen and oxygen atoms in total. The fourth-order valence-electron chi connectivity index (χ4n) is 3.72. The third-order valence-electron chi connectivity index (χ3n) is 5.32. The maximum Gasteiger partial charge on any atom is 0.256 e. The summed E-state index contributed by atoms with van der Waals surface area (Å²) in [5.41, 5.74) is -0.131. The van der Waals surface area contributed by atoms with Gasteiger partial charge in [-0.2, -0.15) is 0 Å². The van der Waals surface area contributed by atoms with Gasteiger partial charge < -0.3 is 14.5 Å². The molecule has 2 fully saturated rings. The molecule has 2 saturated heterocycles. The number of hydrogen-bond donors (Lipinski definition) is 0. The van der Waals surface area contributed by atoms with Gasteiger partial charge in [0.15, 0.2) is 0 Å². The number of amides is 2. The van der Waals surface area contributed by atoms with Gasteiger partial charge in [-0.15, -0.1) is 0 Å². The number of ether oxygens (including phenoxy) is 1. The van der Waals surface area contributed by atoms with E-state index in [1.165, 1.54) is 6.07 Å². The molecule has 1 atom stereocenters. The van der Waals surface area contributed by atoms with E-state index in [-0.39, 0.29) is 11.5 Å². The maximum absolute atomic E-state index is 13.9. The lowest BCUT2D eigenvalue weighted by Crippen LogP contribution is -2.37. The minimum atomic E-state index is -0.855. The van der Waals surface area contributed by atoms with Gasteiger partial charge in [-0.1, -0.05) is 0 Å². The number of halogens is 2. The number of hydrogen-bond acceptors (Lipinski definition) is 3. The number of benzene rings is 1. The zero-order valence-electron chi connectivity index (χ0n) is 15.5. The van der Waals surface area contributed by atoms with Crippen LogP contribution in [0.5, 0.6) is 0 Å². The lowest BCUT2D eigenvalue weighted by Gasteiger charge is -2.25. The van der Waals surface area contributed by atoms with E-state index >= 15 is 0 Å². The van der Waals surface area contributed by atoms with Crippen molar-refractivity contribution in [3.05, 3.63) is 35.4 Å². The van der Waals surface area contributed by atoms with Crippen LogP contribution >= 0.6 is 0 Å². The summed E-state index contributed by atoms with van der Waals surface area (Å²) in [6.45, 7) is 3.39. The predicted octanol–water partition coefficient (Wildman–Crippen LogP) is 2.85. The molecule has 0 bridgehead atoms. The Morgan fingerprint density at radius 3 is 2.59 bits per heavy atom. The quantitative estimate of drug-likeness (QED) is 0.807. The molecule has 0 spiro atoms. The smallest absolute Gasteiger partial charge is 0.256 e. The van der Waals surface area contributed by atoms with Crippen LogP contribution in [-0.2, 0) is 9.53 Å². The van der Waals surface area contributed by atoms with Gasteiger partial charge in [0.05, 0.1) is 5.56 Å². The third kappa shape index (κ3) is 5.25. The average molecular weight is 380 g/mol. The molecule has 2 amide bonds. The first-order valence-corrected chi connectivity index (χ1v) is 9.64. The van der Waals surface area contributed by atoms with Gasteiger partial charge >= 0.3 is 0 Å². The summed E-state index contributed by atoms with van der Waals surface area (Å²) in [4.78, 5) is 28.4. The Bertz CT molecular complexity index is 677. The Morgan fingerprint density at radius 2 is 1.85 bits per heavy atom. The second-order valence-electron chi connectivity index (χ2n) is 7.27. The van der Waals surface area contributed by atoms with Crippen LogP contribution < -0.4 is 0 Å². The van der Waals surface area contributed by atoms with E-state index in [0.717, 1.165) is 44.6 Å². The van der Waals surface area contributed by atoms with Crippen LogP contribution in [0.4, 0.5) is 8.78 Å². The van der Waals surface area contributed by atoms with Crippen molar-refractivity contribution in [2.24, 2.45) is 5.92 Å². The second kappa shape index (κ2) is 9.26. The van der Waals surface area contributed by atoms with Crippen LogP contribution in [-0.4, -0.2) is 61.0 Å². The Labute approximate surface area is 158 Å². The molecule has 0 aliphatic carbocycles. The largest absolute Gasteiger partial charge is 0.381 e. The lowest BCUT2D eigenvalue weighted by molar-refractivity contribution is -0.131. The molecule has 0 radical (unpaired) electrons. The van der Waals surface area contributed by atoms with Gasteiger partial charge in [0.25, 0.3) is 5.91 Å². The van der Waals surface area contributed by atoms with Crippen LogP contribution in [0, 0.1) is 17.6 Å². The summed E-state index contributed by atoms with van der Waals surface area (Å²) in [7, 11) is 0. The van der Waals surface area contributed by atoms with E-state index in [1.807, 2.05) is 0 Å². The molecule has 2 aliphatic heterocycles. The van der Waals surface area contributed by atoms with Crippen LogP contribution in [0.3, 0.4) is 0 Å². The Balaban J connectivity index is 1.51. The average Bonchev–Trinajstić information content (AvgIpc) is 2.93. The molecule has 1 aromatic rings. The molecule has 3 rings (SSSR count). The van der Waals surface area contributed by atoms with Crippen molar-refractivity contribution < 1.29 is 23.1 Å². The van der Waals surface area contributed by atoms with Crippen molar-refractivity contribution in [3.8, 4) is 0 Å². The lowest BCUT2D eigenvalue weighted by atomic mass is 9.96. The monoisotopic (exact) mass is 380 g/mol. The zero-order valence-corrected chi connectivity index (χ0v) is 15.5. The van der Waals surface area contributed by atoms with Gasteiger partial charge in [-0.3, -0.25) is 9.59 Å². The van der Waals surface area contributed by atoms with E-state index < -0.39 is 17.5 Å². The molecule has 2 heterocycles. The molecule has 27 heavy (non-hydrogen) atoms. The van der Waals surface area contributed by atoms with Crippen LogP contribution in [0.1, 0.15) is 42.5 Å². The molecule has 1 aromatic carbocycles. The molecular formula is C20H26F2N2O3. The first-order chi connectivity index (χ1) is 13.0. The van der Waals surface area contributed by atoms with Gasteiger partial charge in [-0.05, 0) is 43.7 Å². The zero-order chi connectivity index (χ0) is 19.2. The van der Waals surface area contributed by atoms with Crippen molar-refractivity contribution in [3.63, 3.8) is 0 Å². The summed E-state index contributed by atoms with van der Waals surface area (Å²) in [5.74, 6) is -1.47. The molecule has 0 saturated carbocycles. The van der Waals surface area contributed by atoms with Crippen LogP contribution in [0.15, 0.2) is 18.2 Å². The first kappa shape index (κ1) is 19.7. The van der Waals surface area contributed by atoms with E-state index in [0.29, 0.717) is 44.9 Å². The third-order valence-corrected chi connectivity index (χ3v) is 5.32. The fraction of sp³-hybridized carbons (Fsp3) is 0.600. The highest BCUT2D eigenvalue weighted by molar-refractivity contribution is 5.94. The molecule has 2 aliphatic rings. The van der Waals surface area contributed by atoms with E-state index in [2.05, 4.69) is 0 Å². The number of carbonyl (C=O) groups is 2. The van der Waals surface area contributed by atoms with Gasteiger partial charge in [0.2, 0.25) is 5.91 Å². The van der Waals surface area contributed by atoms with Crippen molar-refractivity contribution in [2.75, 3.05) is 39.4 Å². The normalized spacial score (nSPS) is 21.0. The molecule has 148 valence electrons. The second-order valence-corrected chi connectivity index (χ2v) is 7.27. The topological polar surface area (TPSA) is 49.9 Å². The van der Waals surface area contributed by atoms with Gasteiger partial charge in [0, 0.05) is 51.9 Å². The SMILES string of the molecule is O=C(CCC1CCCOC1)N1CCCN(C(=O)c2ccc(F)cc2F)CC1. The Morgan fingerprint density at radius 1 is 1.07 bits per heavy atom. The number of carbonyl (C=O) groups excluding carboxylic acids is 2. The summed E-state index contributed by atoms with van der Waals surface area (Å²) >= 11 is 0. The van der Waals surface area contributed by atoms with Crippen molar-refractivity contribution in [1.29, 1.82) is 0 Å². The molecule has 1 unspecified atom stereocenters. The fourth-order valence-corrected chi connectivity index (χ4v) is 3.72. The van der Waals surface area contributed by atoms with E-state index in [1.54, 1.807) is 9.80 Å². The molecule has 7 heteroatoms. The number of nitrogens with zero attached hydrogens (tertiary/aromatic N) is 2. The summed E-state index contributed by atoms with van der Waals surface area (Å²) in [6, 6.07) is 2.97. The predicted molar refractivity (Wildman–Crippen MR) is 96.2 cm³/mol. The van der Waals surface area contributed by atoms with E-state index in [4.69, 9.17) is 4.74 Å². The first-order valence-electron chi connectivity index (χ1n) is 9.64. The van der Waals surface area contributed by atoms with E-state index in [9.17, 15) is 18.4 Å². The van der Waals surface area contributed by atoms with Gasteiger partial charge in [0.1, 0.15) is 11.6 Å². The Hall–Kier alpha value is -2.02. The Kier molecular flexibility index (Phi) is 6.77. The summed E-state index contributed by atoms with van der Waals surface area (Å²) in [5, 5.41) is 0. The minimum Gasteiger partial charge on any atom is -0.381 e. The molecule has 0 N–H and O–H groups in total. The van der Waals surface area contributed by atoms with Crippen molar-refractivity contribution >= 4 is 11.8 Å². The highest BCUT2D eigenvalue weighted by atomic mass is 19.1. The summed E-state index contributed by atoms with van der Waals surface area (Å²) in [6.07, 6.45) is 4.14. The van der Waals surface area contributed by atoms with Crippen molar-refractivity contribution in [2.45, 2.75) is 32.1 Å². The standard InChI is InChI=1S/C20H26F2N2O3/c21-16-5-6-17(18(22)13-16)20(26)24-9-2-8-23(10-11-24)19(25)7-4-15-3-1-12-27-14-15/h5-6,13,15H,1-4,7-12,14H2. The van der Waals surface area contributed by atoms with Crippen LogP contribution in [0.25, 0.3) is 0 Å². The number of rotatable bonds is 4. The molecular weight excluding hydrogens is 354 g/mol. The minimum absolute atomic E-state index is 0.0998. The van der Waals surface area contributed by atoms with Crippen molar-refractivity contribution in [1.82, 2.24) is 9.80 Å². The highest BCUT2D eigenvalue weighted by Gasteiger charge is 2.25. The highest BCUT2D eigenvalue weighted by Crippen LogP contribution is 2.20.